The van der Waals surface area contributed by atoms with E-state index >= 15 is 0 Å². The molecule has 0 spiro atoms. The summed E-state index contributed by atoms with van der Waals surface area (Å²) in [5, 5.41) is 11.4. The van der Waals surface area contributed by atoms with Gasteiger partial charge in [-0.3, -0.25) is 0 Å². The van der Waals surface area contributed by atoms with Crippen LogP contribution in [-0.2, 0) is 6.42 Å². The van der Waals surface area contributed by atoms with E-state index in [0.29, 0.717) is 5.95 Å². The van der Waals surface area contributed by atoms with Crippen LogP contribution in [-0.4, -0.2) is 47.9 Å². The number of benzene rings is 2. The van der Waals surface area contributed by atoms with E-state index in [9.17, 15) is 4.39 Å². The van der Waals surface area contributed by atoms with Crippen molar-refractivity contribution in [2.45, 2.75) is 6.42 Å². The van der Waals surface area contributed by atoms with Gasteiger partial charge in [0, 0.05) is 38.4 Å². The summed E-state index contributed by atoms with van der Waals surface area (Å²) >= 11 is 0. The lowest BCUT2D eigenvalue weighted by molar-refractivity contribution is 0.624. The Hall–Kier alpha value is -3.22. The number of hydrogen-bond acceptors (Lipinski definition) is 6. The SMILES string of the molecule is Fc1ccc(N2CCN(c3cnnc(NCCc4ccccc4)n3)CC2)cc1. The van der Waals surface area contributed by atoms with Gasteiger partial charge in [-0.2, -0.15) is 10.1 Å². The number of halogens is 1. The maximum absolute atomic E-state index is 13.1. The minimum absolute atomic E-state index is 0.207. The van der Waals surface area contributed by atoms with E-state index < -0.39 is 0 Å². The van der Waals surface area contributed by atoms with Gasteiger partial charge >= 0.3 is 0 Å². The lowest BCUT2D eigenvalue weighted by Crippen LogP contribution is -2.47. The van der Waals surface area contributed by atoms with Crippen molar-refractivity contribution < 1.29 is 4.39 Å². The molecule has 4 rings (SSSR count). The Morgan fingerprint density at radius 1 is 0.893 bits per heavy atom. The van der Waals surface area contributed by atoms with Gasteiger partial charge < -0.3 is 15.1 Å². The van der Waals surface area contributed by atoms with Crippen molar-refractivity contribution in [3.05, 3.63) is 72.2 Å². The van der Waals surface area contributed by atoms with Gasteiger partial charge in [0.1, 0.15) is 5.82 Å². The highest BCUT2D eigenvalue weighted by Gasteiger charge is 2.19. The monoisotopic (exact) mass is 378 g/mol. The highest BCUT2D eigenvalue weighted by atomic mass is 19.1. The molecule has 1 fully saturated rings. The van der Waals surface area contributed by atoms with Crippen LogP contribution < -0.4 is 15.1 Å². The number of nitrogens with one attached hydrogen (secondary N) is 1. The molecule has 3 aromatic rings. The summed E-state index contributed by atoms with van der Waals surface area (Å²) in [5.74, 6) is 1.17. The van der Waals surface area contributed by atoms with Crippen LogP contribution in [0.25, 0.3) is 0 Å². The van der Waals surface area contributed by atoms with Gasteiger partial charge in [0.05, 0.1) is 6.20 Å². The Balaban J connectivity index is 1.31. The summed E-state index contributed by atoms with van der Waals surface area (Å²) in [6, 6.07) is 17.0. The maximum Gasteiger partial charge on any atom is 0.244 e. The minimum atomic E-state index is -0.207. The zero-order valence-corrected chi connectivity index (χ0v) is 15.6. The van der Waals surface area contributed by atoms with Crippen LogP contribution in [0.3, 0.4) is 0 Å². The number of rotatable bonds is 6. The van der Waals surface area contributed by atoms with Gasteiger partial charge in [-0.05, 0) is 36.2 Å². The van der Waals surface area contributed by atoms with Gasteiger partial charge in [-0.1, -0.05) is 30.3 Å². The zero-order valence-electron chi connectivity index (χ0n) is 15.6. The van der Waals surface area contributed by atoms with E-state index in [4.69, 9.17) is 0 Å². The fourth-order valence-electron chi connectivity index (χ4n) is 3.33. The largest absolute Gasteiger partial charge is 0.368 e. The van der Waals surface area contributed by atoms with Crippen molar-refractivity contribution in [1.82, 2.24) is 15.2 Å². The fraction of sp³-hybridized carbons (Fsp3) is 0.286. The van der Waals surface area contributed by atoms with Crippen molar-refractivity contribution in [1.29, 1.82) is 0 Å². The van der Waals surface area contributed by atoms with Crippen LogP contribution in [0.4, 0.5) is 21.8 Å². The molecule has 1 aromatic heterocycles. The number of aromatic nitrogens is 3. The molecule has 6 nitrogen and oxygen atoms in total. The Morgan fingerprint density at radius 3 is 2.36 bits per heavy atom. The first-order chi connectivity index (χ1) is 13.8. The molecule has 0 unspecified atom stereocenters. The van der Waals surface area contributed by atoms with Crippen molar-refractivity contribution in [2.75, 3.05) is 47.8 Å². The molecule has 7 heteroatoms. The van der Waals surface area contributed by atoms with Gasteiger partial charge in [-0.25, -0.2) is 4.39 Å². The zero-order chi connectivity index (χ0) is 19.2. The van der Waals surface area contributed by atoms with Gasteiger partial charge in [0.15, 0.2) is 5.82 Å². The first-order valence-corrected chi connectivity index (χ1v) is 9.51. The molecule has 1 aliphatic rings. The van der Waals surface area contributed by atoms with Gasteiger partial charge in [0.2, 0.25) is 5.95 Å². The predicted octanol–water partition coefficient (Wildman–Crippen LogP) is 2.99. The van der Waals surface area contributed by atoms with Crippen LogP contribution in [0.2, 0.25) is 0 Å². The second-order valence-corrected chi connectivity index (χ2v) is 6.75. The minimum Gasteiger partial charge on any atom is -0.368 e. The smallest absolute Gasteiger partial charge is 0.244 e. The van der Waals surface area contributed by atoms with Crippen LogP contribution in [0.15, 0.2) is 60.8 Å². The van der Waals surface area contributed by atoms with E-state index in [1.807, 2.05) is 30.3 Å². The van der Waals surface area contributed by atoms with Crippen LogP contribution in [0.5, 0.6) is 0 Å². The molecule has 0 saturated carbocycles. The molecule has 0 aliphatic carbocycles. The summed E-state index contributed by atoms with van der Waals surface area (Å²) in [7, 11) is 0. The second-order valence-electron chi connectivity index (χ2n) is 6.75. The van der Waals surface area contributed by atoms with E-state index in [0.717, 1.165) is 50.6 Å². The standard InChI is InChI=1S/C21H23FN6/c22-18-6-8-19(9-7-18)27-12-14-28(15-13-27)20-16-24-26-21(25-20)23-11-10-17-4-2-1-3-5-17/h1-9,16H,10-15H2,(H,23,25,26). The molecule has 2 aromatic carbocycles. The Labute approximate surface area is 164 Å². The van der Waals surface area contributed by atoms with Gasteiger partial charge in [-0.15, -0.1) is 5.10 Å². The third-order valence-electron chi connectivity index (χ3n) is 4.88. The summed E-state index contributed by atoms with van der Waals surface area (Å²) in [4.78, 5) is 9.07. The molecule has 1 N–H and O–H groups in total. The van der Waals surface area contributed by atoms with E-state index in [2.05, 4.69) is 42.4 Å². The predicted molar refractivity (Wildman–Crippen MR) is 109 cm³/mol. The number of nitrogens with zero attached hydrogens (tertiary/aromatic N) is 5. The van der Waals surface area contributed by atoms with Crippen LogP contribution in [0.1, 0.15) is 5.56 Å². The maximum atomic E-state index is 13.1. The molecule has 0 amide bonds. The lowest BCUT2D eigenvalue weighted by atomic mass is 10.1. The van der Waals surface area contributed by atoms with E-state index in [1.165, 1.54) is 17.7 Å². The highest BCUT2D eigenvalue weighted by molar-refractivity contribution is 5.49. The number of hydrogen-bond donors (Lipinski definition) is 1. The Morgan fingerprint density at radius 2 is 1.61 bits per heavy atom. The topological polar surface area (TPSA) is 57.2 Å². The molecule has 1 saturated heterocycles. The molecular weight excluding hydrogens is 355 g/mol. The molecule has 144 valence electrons. The molecule has 0 bridgehead atoms. The summed E-state index contributed by atoms with van der Waals surface area (Å²) < 4.78 is 13.1. The first-order valence-electron chi connectivity index (χ1n) is 9.51. The fourth-order valence-corrected chi connectivity index (χ4v) is 3.33. The normalized spacial score (nSPS) is 14.2. The quantitative estimate of drug-likeness (QED) is 0.712. The molecular formula is C21H23FN6. The molecule has 2 heterocycles. The van der Waals surface area contributed by atoms with Crippen LogP contribution >= 0.6 is 0 Å². The molecule has 0 radical (unpaired) electrons. The number of piperazine rings is 1. The van der Waals surface area contributed by atoms with Gasteiger partial charge in [0.25, 0.3) is 0 Å². The van der Waals surface area contributed by atoms with Crippen molar-refractivity contribution in [3.8, 4) is 0 Å². The Bertz CT molecular complexity index is 879. The second kappa shape index (κ2) is 8.65. The third-order valence-corrected chi connectivity index (χ3v) is 4.88. The average Bonchev–Trinajstić information content (AvgIpc) is 2.75. The van der Waals surface area contributed by atoms with Crippen molar-refractivity contribution in [3.63, 3.8) is 0 Å². The summed E-state index contributed by atoms with van der Waals surface area (Å²) in [5.41, 5.74) is 2.32. The first kappa shape index (κ1) is 18.2. The summed E-state index contributed by atoms with van der Waals surface area (Å²) in [6.07, 6.45) is 2.61. The highest BCUT2D eigenvalue weighted by Crippen LogP contribution is 2.19. The van der Waals surface area contributed by atoms with Crippen molar-refractivity contribution >= 4 is 17.5 Å². The third kappa shape index (κ3) is 4.54. The summed E-state index contributed by atoms with van der Waals surface area (Å²) in [6.45, 7) is 4.13. The average molecular weight is 378 g/mol. The molecule has 1 aliphatic heterocycles. The van der Waals surface area contributed by atoms with E-state index in [-0.39, 0.29) is 5.82 Å². The van der Waals surface area contributed by atoms with Crippen LogP contribution in [0, 0.1) is 5.82 Å². The van der Waals surface area contributed by atoms with Crippen molar-refractivity contribution in [2.24, 2.45) is 0 Å². The molecule has 28 heavy (non-hydrogen) atoms. The lowest BCUT2D eigenvalue weighted by Gasteiger charge is -2.36. The number of anilines is 3. The van der Waals surface area contributed by atoms with E-state index in [1.54, 1.807) is 6.20 Å². The molecule has 0 atom stereocenters. The Kier molecular flexibility index (Phi) is 5.61.